The maximum atomic E-state index is 12.4. The van der Waals surface area contributed by atoms with Gasteiger partial charge in [0.05, 0.1) is 11.7 Å². The molecular weight excluding hydrogens is 325 g/mol. The molecule has 0 fully saturated rings. The molecule has 0 saturated carbocycles. The third-order valence-corrected chi connectivity index (χ3v) is 3.93. The van der Waals surface area contributed by atoms with Gasteiger partial charge in [-0.05, 0) is 38.5 Å². The number of amides is 1. The third kappa shape index (κ3) is 3.62. The molecule has 2 rings (SSSR count). The Morgan fingerprint density at radius 1 is 1.36 bits per heavy atom. The minimum absolute atomic E-state index is 0.140. The van der Waals surface area contributed by atoms with Crippen molar-refractivity contribution in [3.63, 3.8) is 0 Å². The molecule has 1 N–H and O–H groups in total. The molecule has 4 nitrogen and oxygen atoms in total. The predicted octanol–water partition coefficient (Wildman–Crippen LogP) is 3.82. The first-order valence-electron chi connectivity index (χ1n) is 6.96. The van der Waals surface area contributed by atoms with Crippen molar-refractivity contribution in [1.82, 2.24) is 5.32 Å². The van der Waals surface area contributed by atoms with Gasteiger partial charge in [-0.25, -0.2) is 4.79 Å². The highest BCUT2D eigenvalue weighted by molar-refractivity contribution is 6.35. The first-order chi connectivity index (χ1) is 10.3. The van der Waals surface area contributed by atoms with Gasteiger partial charge in [-0.15, -0.1) is 0 Å². The first-order valence-corrected chi connectivity index (χ1v) is 7.71. The van der Waals surface area contributed by atoms with Crippen molar-refractivity contribution >= 4 is 35.1 Å². The van der Waals surface area contributed by atoms with Crippen LogP contribution in [0.4, 0.5) is 0 Å². The molecular formula is C16H17Cl2NO3. The van der Waals surface area contributed by atoms with Crippen molar-refractivity contribution in [2.75, 3.05) is 0 Å². The second kappa shape index (κ2) is 6.71. The topological polar surface area (TPSA) is 55.4 Å². The zero-order chi connectivity index (χ0) is 16.4. The van der Waals surface area contributed by atoms with Gasteiger partial charge in [-0.2, -0.15) is 0 Å². The molecule has 1 aromatic rings. The summed E-state index contributed by atoms with van der Waals surface area (Å²) in [6.45, 7) is 5.24. The average molecular weight is 342 g/mol. The maximum Gasteiger partial charge on any atom is 0.336 e. The number of allylic oxidation sites excluding steroid dienone is 1. The Kier molecular flexibility index (Phi) is 5.14. The molecule has 1 aromatic carbocycles. The van der Waals surface area contributed by atoms with Crippen LogP contribution in [0.25, 0.3) is 0 Å². The summed E-state index contributed by atoms with van der Waals surface area (Å²) in [5.74, 6) is -1.04. The van der Waals surface area contributed by atoms with Crippen molar-refractivity contribution in [2.45, 2.75) is 39.2 Å². The van der Waals surface area contributed by atoms with E-state index in [-0.39, 0.29) is 18.4 Å². The number of nitrogens with one attached hydrogen (secondary N) is 1. The summed E-state index contributed by atoms with van der Waals surface area (Å²) >= 11 is 12.2. The van der Waals surface area contributed by atoms with Crippen LogP contribution in [0.3, 0.4) is 0 Å². The van der Waals surface area contributed by atoms with Crippen LogP contribution >= 0.6 is 23.2 Å². The van der Waals surface area contributed by atoms with Crippen molar-refractivity contribution in [3.05, 3.63) is 45.1 Å². The van der Waals surface area contributed by atoms with E-state index in [1.54, 1.807) is 39.0 Å². The minimum Gasteiger partial charge on any atom is -0.460 e. The van der Waals surface area contributed by atoms with E-state index in [4.69, 9.17) is 27.9 Å². The summed E-state index contributed by atoms with van der Waals surface area (Å²) < 4.78 is 5.29. The predicted molar refractivity (Wildman–Crippen MR) is 85.9 cm³/mol. The molecule has 1 amide bonds. The quantitative estimate of drug-likeness (QED) is 0.850. The molecule has 22 heavy (non-hydrogen) atoms. The van der Waals surface area contributed by atoms with E-state index < -0.39 is 11.9 Å². The van der Waals surface area contributed by atoms with E-state index in [0.29, 0.717) is 26.9 Å². The fourth-order valence-corrected chi connectivity index (χ4v) is 3.04. The van der Waals surface area contributed by atoms with Crippen LogP contribution in [0.5, 0.6) is 0 Å². The smallest absolute Gasteiger partial charge is 0.336 e. The number of hydrogen-bond acceptors (Lipinski definition) is 3. The molecule has 0 bridgehead atoms. The van der Waals surface area contributed by atoms with Crippen LogP contribution in [0.1, 0.15) is 38.7 Å². The van der Waals surface area contributed by atoms with Gasteiger partial charge >= 0.3 is 5.97 Å². The van der Waals surface area contributed by atoms with E-state index in [0.717, 1.165) is 0 Å². The number of halogens is 2. The standard InChI is InChI=1S/C16H17Cl2NO3/c1-8(2)22-16(21)15-9(3)19-14(20)7-12(15)11-5-4-10(17)6-13(11)18/h4-6,8,12H,7H2,1-3H3,(H,19,20)/t12-/m1/s1. The zero-order valence-electron chi connectivity index (χ0n) is 12.6. The summed E-state index contributed by atoms with van der Waals surface area (Å²) in [6, 6.07) is 5.03. The summed E-state index contributed by atoms with van der Waals surface area (Å²) in [7, 11) is 0. The van der Waals surface area contributed by atoms with Gasteiger partial charge in [-0.1, -0.05) is 29.3 Å². The molecule has 0 radical (unpaired) electrons. The van der Waals surface area contributed by atoms with Crippen molar-refractivity contribution in [1.29, 1.82) is 0 Å². The zero-order valence-corrected chi connectivity index (χ0v) is 14.1. The van der Waals surface area contributed by atoms with E-state index in [9.17, 15) is 9.59 Å². The maximum absolute atomic E-state index is 12.4. The number of ether oxygens (including phenoxy) is 1. The Hall–Kier alpha value is -1.52. The molecule has 118 valence electrons. The fourth-order valence-electron chi connectivity index (χ4n) is 2.50. The van der Waals surface area contributed by atoms with Crippen molar-refractivity contribution < 1.29 is 14.3 Å². The van der Waals surface area contributed by atoms with Gasteiger partial charge in [0.1, 0.15) is 0 Å². The second-order valence-electron chi connectivity index (χ2n) is 5.46. The Balaban J connectivity index is 2.48. The van der Waals surface area contributed by atoms with Crippen molar-refractivity contribution in [2.24, 2.45) is 0 Å². The Morgan fingerprint density at radius 2 is 2.05 bits per heavy atom. The molecule has 1 atom stereocenters. The van der Waals surface area contributed by atoms with E-state index in [1.165, 1.54) is 0 Å². The van der Waals surface area contributed by atoms with E-state index in [2.05, 4.69) is 5.32 Å². The Labute approximate surface area is 139 Å². The van der Waals surface area contributed by atoms with Gasteiger partial charge in [-0.3, -0.25) is 4.79 Å². The van der Waals surface area contributed by atoms with Crippen molar-refractivity contribution in [3.8, 4) is 0 Å². The highest BCUT2D eigenvalue weighted by Gasteiger charge is 2.34. The number of esters is 1. The lowest BCUT2D eigenvalue weighted by Crippen LogP contribution is -2.34. The van der Waals surface area contributed by atoms with E-state index in [1.807, 2.05) is 0 Å². The van der Waals surface area contributed by atoms with Crippen LogP contribution < -0.4 is 5.32 Å². The summed E-state index contributed by atoms with van der Waals surface area (Å²) in [6.07, 6.45) is -0.104. The van der Waals surface area contributed by atoms with Crippen LogP contribution in [0.2, 0.25) is 10.0 Å². The number of rotatable bonds is 3. The number of carbonyl (C=O) groups is 2. The van der Waals surface area contributed by atoms with Gasteiger partial charge in [0.2, 0.25) is 5.91 Å². The summed E-state index contributed by atoms with van der Waals surface area (Å²) in [5.41, 5.74) is 1.62. The van der Waals surface area contributed by atoms with Crippen LogP contribution in [0.15, 0.2) is 29.5 Å². The molecule has 0 unspecified atom stereocenters. The lowest BCUT2D eigenvalue weighted by molar-refractivity contribution is -0.143. The first kappa shape index (κ1) is 16.8. The van der Waals surface area contributed by atoms with Gasteiger partial charge in [0.25, 0.3) is 0 Å². The average Bonchev–Trinajstić information content (AvgIpc) is 2.36. The number of hydrogen-bond donors (Lipinski definition) is 1. The lowest BCUT2D eigenvalue weighted by Gasteiger charge is -2.27. The van der Waals surface area contributed by atoms with Gasteiger partial charge < -0.3 is 10.1 Å². The molecule has 6 heteroatoms. The molecule has 1 aliphatic heterocycles. The highest BCUT2D eigenvalue weighted by Crippen LogP contribution is 2.38. The van der Waals surface area contributed by atoms with Gasteiger partial charge in [0.15, 0.2) is 0 Å². The van der Waals surface area contributed by atoms with Crippen LogP contribution in [0, 0.1) is 0 Å². The summed E-state index contributed by atoms with van der Waals surface area (Å²) in [5, 5.41) is 3.61. The Bertz CT molecular complexity index is 653. The third-order valence-electron chi connectivity index (χ3n) is 3.37. The molecule has 1 aliphatic rings. The SMILES string of the molecule is CC1=C(C(=O)OC(C)C)[C@@H](c2ccc(Cl)cc2Cl)CC(=O)N1. The fraction of sp³-hybridized carbons (Fsp3) is 0.375. The van der Waals surface area contributed by atoms with Crippen LogP contribution in [-0.4, -0.2) is 18.0 Å². The molecule has 0 aliphatic carbocycles. The van der Waals surface area contributed by atoms with Crippen LogP contribution in [-0.2, 0) is 14.3 Å². The lowest BCUT2D eigenvalue weighted by atomic mass is 9.84. The van der Waals surface area contributed by atoms with Gasteiger partial charge in [0, 0.05) is 28.1 Å². The molecule has 0 aromatic heterocycles. The molecule has 1 heterocycles. The second-order valence-corrected chi connectivity index (χ2v) is 6.31. The Morgan fingerprint density at radius 3 is 2.64 bits per heavy atom. The normalized spacial score (nSPS) is 18.5. The summed E-state index contributed by atoms with van der Waals surface area (Å²) in [4.78, 5) is 24.2. The minimum atomic E-state index is -0.441. The monoisotopic (exact) mass is 341 g/mol. The largest absolute Gasteiger partial charge is 0.460 e. The molecule has 0 spiro atoms. The molecule has 0 saturated heterocycles. The number of carbonyl (C=O) groups excluding carboxylic acids is 2. The number of benzene rings is 1. The van der Waals surface area contributed by atoms with E-state index >= 15 is 0 Å². The highest BCUT2D eigenvalue weighted by atomic mass is 35.5.